The number of nitrogens with two attached hydrogens (primary N) is 1. The molecule has 0 unspecified atom stereocenters. The maximum absolute atomic E-state index is 12.3. The number of rotatable bonds is 9. The third-order valence-electron chi connectivity index (χ3n) is 4.00. The number of para-hydroxylation sites is 1. The van der Waals surface area contributed by atoms with E-state index in [4.69, 9.17) is 5.73 Å². The second kappa shape index (κ2) is 11.5. The minimum Gasteiger partial charge on any atom is -0.330 e. The van der Waals surface area contributed by atoms with Gasteiger partial charge in [-0.1, -0.05) is 58.7 Å². The highest BCUT2D eigenvalue weighted by Gasteiger charge is 2.15. The van der Waals surface area contributed by atoms with E-state index >= 15 is 0 Å². The van der Waals surface area contributed by atoms with Crippen LogP contribution in [0, 0.1) is 0 Å². The molecule has 3 N–H and O–H groups in total. The van der Waals surface area contributed by atoms with Gasteiger partial charge in [0.25, 0.3) is 0 Å². The Bertz CT molecular complexity index is 446. The molecule has 0 radical (unpaired) electrons. The van der Waals surface area contributed by atoms with Crippen LogP contribution in [-0.4, -0.2) is 12.5 Å². The standard InChI is InChI=1S/C19H32N2O.ClH/c1-14(2)16-10-9-11-17(15(3)4)19(16)21-18(22)12-7-5-6-8-13-20;/h9-11,14-15H,5-8,12-13,20H2,1-4H3,(H,21,22);1H. The first-order valence-corrected chi connectivity index (χ1v) is 8.60. The lowest BCUT2D eigenvalue weighted by Crippen LogP contribution is -2.15. The Kier molecular flexibility index (Phi) is 10.9. The number of carbonyl (C=O) groups is 1. The fourth-order valence-corrected chi connectivity index (χ4v) is 2.68. The molecule has 0 saturated heterocycles. The van der Waals surface area contributed by atoms with E-state index < -0.39 is 0 Å². The summed E-state index contributed by atoms with van der Waals surface area (Å²) in [5.41, 5.74) is 8.96. The fourth-order valence-electron chi connectivity index (χ4n) is 2.68. The van der Waals surface area contributed by atoms with Crippen molar-refractivity contribution in [2.75, 3.05) is 11.9 Å². The van der Waals surface area contributed by atoms with Crippen molar-refractivity contribution in [3.05, 3.63) is 29.3 Å². The van der Waals surface area contributed by atoms with Crippen LogP contribution in [0.4, 0.5) is 5.69 Å². The van der Waals surface area contributed by atoms with Crippen molar-refractivity contribution in [3.63, 3.8) is 0 Å². The third-order valence-corrected chi connectivity index (χ3v) is 4.00. The Morgan fingerprint density at radius 1 is 1.00 bits per heavy atom. The highest BCUT2D eigenvalue weighted by molar-refractivity contribution is 5.92. The van der Waals surface area contributed by atoms with Crippen LogP contribution >= 0.6 is 12.4 Å². The highest BCUT2D eigenvalue weighted by Crippen LogP contribution is 2.32. The minimum absolute atomic E-state index is 0. The van der Waals surface area contributed by atoms with Gasteiger partial charge in [-0.3, -0.25) is 4.79 Å². The predicted octanol–water partition coefficient (Wildman–Crippen LogP) is 5.20. The van der Waals surface area contributed by atoms with Crippen molar-refractivity contribution in [2.45, 2.75) is 71.6 Å². The summed E-state index contributed by atoms with van der Waals surface area (Å²) in [5.74, 6) is 0.930. The lowest BCUT2D eigenvalue weighted by molar-refractivity contribution is -0.116. The van der Waals surface area contributed by atoms with Crippen LogP contribution in [0.15, 0.2) is 18.2 Å². The van der Waals surface area contributed by atoms with E-state index in [-0.39, 0.29) is 18.3 Å². The van der Waals surface area contributed by atoms with Crippen molar-refractivity contribution in [2.24, 2.45) is 5.73 Å². The molecule has 0 heterocycles. The van der Waals surface area contributed by atoms with Crippen molar-refractivity contribution < 1.29 is 4.79 Å². The monoisotopic (exact) mass is 340 g/mol. The lowest BCUT2D eigenvalue weighted by atomic mass is 9.92. The van der Waals surface area contributed by atoms with Gasteiger partial charge in [-0.25, -0.2) is 0 Å². The molecule has 4 heteroatoms. The molecule has 0 aromatic heterocycles. The number of amides is 1. The Morgan fingerprint density at radius 3 is 2.00 bits per heavy atom. The van der Waals surface area contributed by atoms with E-state index in [0.29, 0.717) is 18.3 Å². The third kappa shape index (κ3) is 7.36. The lowest BCUT2D eigenvalue weighted by Gasteiger charge is -2.20. The Balaban J connectivity index is 0.00000484. The molecule has 0 fully saturated rings. The number of halogens is 1. The van der Waals surface area contributed by atoms with Crippen LogP contribution in [-0.2, 0) is 4.79 Å². The van der Waals surface area contributed by atoms with Gasteiger partial charge in [0.1, 0.15) is 0 Å². The first-order valence-electron chi connectivity index (χ1n) is 8.60. The van der Waals surface area contributed by atoms with Gasteiger partial charge >= 0.3 is 0 Å². The average Bonchev–Trinajstić information content (AvgIpc) is 2.46. The first-order chi connectivity index (χ1) is 10.5. The van der Waals surface area contributed by atoms with E-state index in [1.54, 1.807) is 0 Å². The maximum Gasteiger partial charge on any atom is 0.224 e. The van der Waals surface area contributed by atoms with E-state index in [9.17, 15) is 4.79 Å². The number of hydrogen-bond acceptors (Lipinski definition) is 2. The SMILES string of the molecule is CC(C)c1cccc(C(C)C)c1NC(=O)CCCCCCN.Cl. The summed E-state index contributed by atoms with van der Waals surface area (Å²) < 4.78 is 0. The zero-order valence-corrected chi connectivity index (χ0v) is 15.8. The molecule has 0 atom stereocenters. The van der Waals surface area contributed by atoms with Gasteiger partial charge in [-0.05, 0) is 42.3 Å². The van der Waals surface area contributed by atoms with Crippen molar-refractivity contribution in [1.82, 2.24) is 0 Å². The Hall–Kier alpha value is -1.06. The molecule has 0 aliphatic carbocycles. The molecule has 0 spiro atoms. The number of carbonyl (C=O) groups excluding carboxylic acids is 1. The molecular weight excluding hydrogens is 308 g/mol. The largest absolute Gasteiger partial charge is 0.330 e. The molecule has 1 aromatic carbocycles. The fraction of sp³-hybridized carbons (Fsp3) is 0.632. The van der Waals surface area contributed by atoms with Gasteiger partial charge in [-0.2, -0.15) is 0 Å². The molecule has 3 nitrogen and oxygen atoms in total. The van der Waals surface area contributed by atoms with Gasteiger partial charge in [-0.15, -0.1) is 12.4 Å². The number of anilines is 1. The molecular formula is C19H33ClN2O. The molecule has 0 aliphatic rings. The number of benzene rings is 1. The van der Waals surface area contributed by atoms with Gasteiger partial charge in [0.15, 0.2) is 0 Å². The summed E-state index contributed by atoms with van der Waals surface area (Å²) in [6, 6.07) is 6.33. The summed E-state index contributed by atoms with van der Waals surface area (Å²) in [6.07, 6.45) is 4.77. The quantitative estimate of drug-likeness (QED) is 0.607. The van der Waals surface area contributed by atoms with Crippen LogP contribution in [0.25, 0.3) is 0 Å². The van der Waals surface area contributed by atoms with Gasteiger partial charge in [0, 0.05) is 12.1 Å². The van der Waals surface area contributed by atoms with E-state index in [0.717, 1.165) is 37.9 Å². The minimum atomic E-state index is 0. The number of unbranched alkanes of at least 4 members (excludes halogenated alkanes) is 3. The van der Waals surface area contributed by atoms with E-state index in [1.165, 1.54) is 11.1 Å². The Labute approximate surface area is 147 Å². The molecule has 132 valence electrons. The van der Waals surface area contributed by atoms with Crippen molar-refractivity contribution in [1.29, 1.82) is 0 Å². The average molecular weight is 341 g/mol. The summed E-state index contributed by atoms with van der Waals surface area (Å²) >= 11 is 0. The van der Waals surface area contributed by atoms with E-state index in [2.05, 4.69) is 51.2 Å². The molecule has 0 saturated carbocycles. The van der Waals surface area contributed by atoms with Crippen LogP contribution < -0.4 is 11.1 Å². The number of nitrogens with one attached hydrogen (secondary N) is 1. The van der Waals surface area contributed by atoms with Crippen molar-refractivity contribution in [3.8, 4) is 0 Å². The van der Waals surface area contributed by atoms with Gasteiger partial charge in [0.05, 0.1) is 0 Å². The zero-order chi connectivity index (χ0) is 16.5. The highest BCUT2D eigenvalue weighted by atomic mass is 35.5. The van der Waals surface area contributed by atoms with E-state index in [1.807, 2.05) is 0 Å². The van der Waals surface area contributed by atoms with Crippen LogP contribution in [0.2, 0.25) is 0 Å². The van der Waals surface area contributed by atoms with Crippen LogP contribution in [0.3, 0.4) is 0 Å². The first kappa shape index (κ1) is 21.9. The summed E-state index contributed by atoms with van der Waals surface area (Å²) in [7, 11) is 0. The molecule has 1 rings (SSSR count). The molecule has 1 aromatic rings. The second-order valence-electron chi connectivity index (χ2n) is 6.62. The maximum atomic E-state index is 12.3. The molecule has 23 heavy (non-hydrogen) atoms. The normalized spacial score (nSPS) is 10.7. The van der Waals surface area contributed by atoms with Crippen molar-refractivity contribution >= 4 is 24.0 Å². The summed E-state index contributed by atoms with van der Waals surface area (Å²) in [5, 5.41) is 3.17. The van der Waals surface area contributed by atoms with Gasteiger partial charge in [0.2, 0.25) is 5.91 Å². The molecule has 0 aliphatic heterocycles. The zero-order valence-electron chi connectivity index (χ0n) is 15.0. The molecule has 1 amide bonds. The molecule has 0 bridgehead atoms. The predicted molar refractivity (Wildman–Crippen MR) is 103 cm³/mol. The number of hydrogen-bond donors (Lipinski definition) is 2. The topological polar surface area (TPSA) is 55.1 Å². The summed E-state index contributed by atoms with van der Waals surface area (Å²) in [4.78, 5) is 12.3. The van der Waals surface area contributed by atoms with Gasteiger partial charge < -0.3 is 11.1 Å². The Morgan fingerprint density at radius 2 is 1.52 bits per heavy atom. The second-order valence-corrected chi connectivity index (χ2v) is 6.62. The van der Waals surface area contributed by atoms with Crippen LogP contribution in [0.1, 0.15) is 82.8 Å². The summed E-state index contributed by atoms with van der Waals surface area (Å²) in [6.45, 7) is 9.42. The van der Waals surface area contributed by atoms with Crippen LogP contribution in [0.5, 0.6) is 0 Å². The smallest absolute Gasteiger partial charge is 0.224 e.